The van der Waals surface area contributed by atoms with Crippen molar-refractivity contribution in [3.8, 4) is 0 Å². The second kappa shape index (κ2) is 5.86. The number of carbonyl (C=O) groups is 1. The maximum absolute atomic E-state index is 11.4. The zero-order valence-electron chi connectivity index (χ0n) is 12.5. The van der Waals surface area contributed by atoms with E-state index in [0.29, 0.717) is 13.0 Å². The van der Waals surface area contributed by atoms with Crippen molar-refractivity contribution in [2.75, 3.05) is 6.54 Å². The highest BCUT2D eigenvalue weighted by Crippen LogP contribution is 2.25. The lowest BCUT2D eigenvalue weighted by atomic mass is 9.98. The molecule has 0 fully saturated rings. The Balaban J connectivity index is 2.38. The van der Waals surface area contributed by atoms with E-state index >= 15 is 0 Å². The molecule has 5 nitrogen and oxygen atoms in total. The third-order valence-corrected chi connectivity index (χ3v) is 3.52. The molecule has 19 heavy (non-hydrogen) atoms. The molecule has 0 aliphatic rings. The van der Waals surface area contributed by atoms with E-state index in [1.165, 1.54) is 0 Å². The first-order valence-corrected chi connectivity index (χ1v) is 7.19. The van der Waals surface area contributed by atoms with Crippen molar-refractivity contribution >= 4 is 17.4 Å². The number of aromatic nitrogens is 2. The SMILES string of the molecule is CC(C)(C)OC(=O)NCCc1nnc(C(C)(C)C)s1. The second-order valence-corrected chi connectivity index (χ2v) is 7.49. The Bertz CT molecular complexity index is 430. The summed E-state index contributed by atoms with van der Waals surface area (Å²) < 4.78 is 5.15. The molecule has 1 amide bonds. The molecular weight excluding hydrogens is 262 g/mol. The monoisotopic (exact) mass is 285 g/mol. The van der Waals surface area contributed by atoms with Crippen molar-refractivity contribution in [3.05, 3.63) is 10.0 Å². The number of alkyl carbamates (subject to hydrolysis) is 1. The number of hydrogen-bond donors (Lipinski definition) is 1. The van der Waals surface area contributed by atoms with Gasteiger partial charge in [0.25, 0.3) is 0 Å². The van der Waals surface area contributed by atoms with Gasteiger partial charge in [0.2, 0.25) is 0 Å². The summed E-state index contributed by atoms with van der Waals surface area (Å²) in [5, 5.41) is 13.0. The Morgan fingerprint density at radius 1 is 1.21 bits per heavy atom. The van der Waals surface area contributed by atoms with Gasteiger partial charge < -0.3 is 10.1 Å². The molecule has 0 saturated heterocycles. The summed E-state index contributed by atoms with van der Waals surface area (Å²) in [5.41, 5.74) is -0.444. The highest BCUT2D eigenvalue weighted by molar-refractivity contribution is 7.11. The lowest BCUT2D eigenvalue weighted by Gasteiger charge is -2.19. The van der Waals surface area contributed by atoms with Crippen LogP contribution in [-0.2, 0) is 16.6 Å². The van der Waals surface area contributed by atoms with Crippen LogP contribution in [0.1, 0.15) is 51.6 Å². The van der Waals surface area contributed by atoms with Gasteiger partial charge in [-0.15, -0.1) is 21.5 Å². The average molecular weight is 285 g/mol. The molecule has 0 radical (unpaired) electrons. The van der Waals surface area contributed by atoms with E-state index in [9.17, 15) is 4.79 Å². The van der Waals surface area contributed by atoms with Gasteiger partial charge in [-0.05, 0) is 20.8 Å². The molecule has 1 heterocycles. The maximum atomic E-state index is 11.4. The third kappa shape index (κ3) is 6.00. The van der Waals surface area contributed by atoms with Gasteiger partial charge in [-0.1, -0.05) is 20.8 Å². The quantitative estimate of drug-likeness (QED) is 0.927. The van der Waals surface area contributed by atoms with Gasteiger partial charge in [0.05, 0.1) is 0 Å². The first kappa shape index (κ1) is 15.9. The molecule has 1 N–H and O–H groups in total. The zero-order chi connectivity index (χ0) is 14.7. The molecule has 0 saturated carbocycles. The van der Waals surface area contributed by atoms with Crippen LogP contribution in [0.4, 0.5) is 4.79 Å². The minimum atomic E-state index is -0.466. The van der Waals surface area contributed by atoms with E-state index in [1.807, 2.05) is 20.8 Å². The van der Waals surface area contributed by atoms with E-state index < -0.39 is 11.7 Å². The Hall–Kier alpha value is -1.17. The predicted molar refractivity (Wildman–Crippen MR) is 76.5 cm³/mol. The summed E-state index contributed by atoms with van der Waals surface area (Å²) in [6.45, 7) is 12.4. The summed E-state index contributed by atoms with van der Waals surface area (Å²) >= 11 is 1.59. The van der Waals surface area contributed by atoms with Gasteiger partial charge in [0.15, 0.2) is 0 Å². The molecule has 0 atom stereocenters. The lowest BCUT2D eigenvalue weighted by molar-refractivity contribution is 0.0528. The topological polar surface area (TPSA) is 64.1 Å². The minimum absolute atomic E-state index is 0.0223. The molecule has 1 aromatic rings. The van der Waals surface area contributed by atoms with Crippen molar-refractivity contribution in [1.82, 2.24) is 15.5 Å². The Morgan fingerprint density at radius 2 is 1.84 bits per heavy atom. The number of hydrogen-bond acceptors (Lipinski definition) is 5. The molecule has 1 rings (SSSR count). The minimum Gasteiger partial charge on any atom is -0.444 e. The van der Waals surface area contributed by atoms with Crippen LogP contribution in [0.5, 0.6) is 0 Å². The Morgan fingerprint density at radius 3 is 2.32 bits per heavy atom. The lowest BCUT2D eigenvalue weighted by Crippen LogP contribution is -2.33. The molecule has 0 unspecified atom stereocenters. The predicted octanol–water partition coefficient (Wildman–Crippen LogP) is 2.90. The first-order valence-electron chi connectivity index (χ1n) is 6.37. The van der Waals surface area contributed by atoms with E-state index in [2.05, 4.69) is 36.3 Å². The van der Waals surface area contributed by atoms with Gasteiger partial charge in [-0.3, -0.25) is 0 Å². The highest BCUT2D eigenvalue weighted by Gasteiger charge is 2.19. The van der Waals surface area contributed by atoms with Gasteiger partial charge in [-0.2, -0.15) is 0 Å². The number of ether oxygens (including phenoxy) is 1. The number of nitrogens with one attached hydrogen (secondary N) is 1. The summed E-state index contributed by atoms with van der Waals surface area (Å²) in [4.78, 5) is 11.4. The van der Waals surface area contributed by atoms with Crippen molar-refractivity contribution in [2.45, 2.75) is 59.0 Å². The number of carbonyl (C=O) groups excluding carboxylic acids is 1. The fourth-order valence-corrected chi connectivity index (χ4v) is 2.14. The Labute approximate surface area is 118 Å². The molecule has 1 aromatic heterocycles. The van der Waals surface area contributed by atoms with Crippen LogP contribution in [0.25, 0.3) is 0 Å². The van der Waals surface area contributed by atoms with E-state index in [4.69, 9.17) is 4.74 Å². The molecule has 6 heteroatoms. The molecule has 0 aromatic carbocycles. The fourth-order valence-electron chi connectivity index (χ4n) is 1.24. The normalized spacial score (nSPS) is 12.3. The standard InChI is InChI=1S/C13H23N3O2S/c1-12(2,3)10-16-15-9(19-10)7-8-14-11(17)18-13(4,5)6/h7-8H2,1-6H3,(H,14,17). The Kier molecular flexibility index (Phi) is 4.90. The largest absolute Gasteiger partial charge is 0.444 e. The fraction of sp³-hybridized carbons (Fsp3) is 0.769. The molecule has 0 aliphatic heterocycles. The van der Waals surface area contributed by atoms with Gasteiger partial charge in [-0.25, -0.2) is 4.79 Å². The molecular formula is C13H23N3O2S. The number of rotatable bonds is 3. The van der Waals surface area contributed by atoms with Crippen LogP contribution in [-0.4, -0.2) is 28.4 Å². The van der Waals surface area contributed by atoms with Crippen LogP contribution in [0.2, 0.25) is 0 Å². The van der Waals surface area contributed by atoms with Crippen LogP contribution < -0.4 is 5.32 Å². The first-order chi connectivity index (χ1) is 8.58. The summed E-state index contributed by atoms with van der Waals surface area (Å²) in [5.74, 6) is 0. The van der Waals surface area contributed by atoms with Crippen LogP contribution in [0, 0.1) is 0 Å². The van der Waals surface area contributed by atoms with Gasteiger partial charge in [0, 0.05) is 18.4 Å². The third-order valence-electron chi connectivity index (χ3n) is 2.12. The van der Waals surface area contributed by atoms with Gasteiger partial charge >= 0.3 is 6.09 Å². The molecule has 0 spiro atoms. The molecule has 108 valence electrons. The average Bonchev–Trinajstić information content (AvgIpc) is 2.62. The zero-order valence-corrected chi connectivity index (χ0v) is 13.3. The summed E-state index contributed by atoms with van der Waals surface area (Å²) in [6.07, 6.45) is 0.278. The van der Waals surface area contributed by atoms with Crippen LogP contribution in [0.3, 0.4) is 0 Å². The van der Waals surface area contributed by atoms with E-state index in [-0.39, 0.29) is 5.41 Å². The van der Waals surface area contributed by atoms with Crippen molar-refractivity contribution in [1.29, 1.82) is 0 Å². The van der Waals surface area contributed by atoms with Crippen LogP contribution in [0.15, 0.2) is 0 Å². The van der Waals surface area contributed by atoms with Crippen molar-refractivity contribution in [2.24, 2.45) is 0 Å². The van der Waals surface area contributed by atoms with E-state index in [0.717, 1.165) is 10.0 Å². The summed E-state index contributed by atoms with van der Waals surface area (Å²) in [7, 11) is 0. The smallest absolute Gasteiger partial charge is 0.407 e. The molecule has 0 aliphatic carbocycles. The van der Waals surface area contributed by atoms with Gasteiger partial charge in [0.1, 0.15) is 15.6 Å². The van der Waals surface area contributed by atoms with Crippen molar-refractivity contribution in [3.63, 3.8) is 0 Å². The number of nitrogens with zero attached hydrogens (tertiary/aromatic N) is 2. The second-order valence-electron chi connectivity index (χ2n) is 6.43. The number of amides is 1. The van der Waals surface area contributed by atoms with Crippen molar-refractivity contribution < 1.29 is 9.53 Å². The van der Waals surface area contributed by atoms with Crippen LogP contribution >= 0.6 is 11.3 Å². The highest BCUT2D eigenvalue weighted by atomic mass is 32.1. The van der Waals surface area contributed by atoms with E-state index in [1.54, 1.807) is 11.3 Å². The maximum Gasteiger partial charge on any atom is 0.407 e. The summed E-state index contributed by atoms with van der Waals surface area (Å²) in [6, 6.07) is 0. The molecule has 0 bridgehead atoms.